The summed E-state index contributed by atoms with van der Waals surface area (Å²) in [6, 6.07) is 7.66. The molecule has 0 aliphatic heterocycles. The summed E-state index contributed by atoms with van der Waals surface area (Å²) in [5, 5.41) is 8.07. The molecule has 16 heavy (non-hydrogen) atoms. The molecule has 1 aromatic heterocycles. The van der Waals surface area contributed by atoms with E-state index in [0.717, 1.165) is 11.0 Å². The second-order valence-electron chi connectivity index (χ2n) is 3.19. The van der Waals surface area contributed by atoms with Crippen molar-refractivity contribution in [2.75, 3.05) is 18.4 Å². The molecule has 2 rings (SSSR count). The van der Waals surface area contributed by atoms with Gasteiger partial charge in [0.1, 0.15) is 5.52 Å². The molecule has 0 aliphatic rings. The second-order valence-corrected chi connectivity index (χ2v) is 3.88. The van der Waals surface area contributed by atoms with Gasteiger partial charge in [0.25, 0.3) is 0 Å². The number of fused-ring (bicyclic) bond motifs is 1. The maximum Gasteiger partial charge on any atom is 0.166 e. The topological polar surface area (TPSA) is 39.9 Å². The van der Waals surface area contributed by atoms with Crippen molar-refractivity contribution < 1.29 is 4.74 Å². The highest BCUT2D eigenvalue weighted by molar-refractivity contribution is 6.18. The zero-order valence-electron chi connectivity index (χ0n) is 8.51. The maximum atomic E-state index is 5.84. The maximum absolute atomic E-state index is 5.84. The van der Waals surface area contributed by atoms with Crippen LogP contribution in [0.4, 0.5) is 0 Å². The number of nitrogens with zero attached hydrogens (tertiary/aromatic N) is 3. The number of ether oxygens (including phenoxy) is 1. The molecule has 6 heteroatoms. The van der Waals surface area contributed by atoms with E-state index in [0.29, 0.717) is 18.4 Å². The molecule has 0 bridgehead atoms. The van der Waals surface area contributed by atoms with Crippen molar-refractivity contribution in [3.05, 3.63) is 24.3 Å². The van der Waals surface area contributed by atoms with Crippen LogP contribution in [0.15, 0.2) is 24.3 Å². The lowest BCUT2D eigenvalue weighted by molar-refractivity contribution is 0.0217. The number of para-hydroxylation sites is 1. The SMILES string of the molecule is ClCCOC(CCl)n1nnc2ccccc21. The van der Waals surface area contributed by atoms with Gasteiger partial charge < -0.3 is 4.74 Å². The first kappa shape index (κ1) is 11.6. The van der Waals surface area contributed by atoms with Gasteiger partial charge in [0.2, 0.25) is 0 Å². The summed E-state index contributed by atoms with van der Waals surface area (Å²) in [7, 11) is 0. The molecule has 0 amide bonds. The number of hydrogen-bond donors (Lipinski definition) is 0. The van der Waals surface area contributed by atoms with Crippen LogP contribution in [0.3, 0.4) is 0 Å². The molecule has 0 spiro atoms. The highest BCUT2D eigenvalue weighted by Crippen LogP contribution is 2.17. The highest BCUT2D eigenvalue weighted by Gasteiger charge is 2.14. The van der Waals surface area contributed by atoms with Crippen LogP contribution < -0.4 is 0 Å². The Labute approximate surface area is 103 Å². The third-order valence-corrected chi connectivity index (χ3v) is 2.59. The van der Waals surface area contributed by atoms with Crippen LogP contribution >= 0.6 is 23.2 Å². The van der Waals surface area contributed by atoms with Gasteiger partial charge in [-0.05, 0) is 12.1 Å². The van der Waals surface area contributed by atoms with E-state index >= 15 is 0 Å². The molecule has 0 radical (unpaired) electrons. The van der Waals surface area contributed by atoms with Crippen LogP contribution in [-0.2, 0) is 4.74 Å². The number of aromatic nitrogens is 3. The third kappa shape index (κ3) is 2.29. The molecule has 0 N–H and O–H groups in total. The second kappa shape index (κ2) is 5.48. The van der Waals surface area contributed by atoms with Crippen molar-refractivity contribution in [2.24, 2.45) is 0 Å². The Morgan fingerprint density at radius 3 is 2.88 bits per heavy atom. The summed E-state index contributed by atoms with van der Waals surface area (Å²) in [6.07, 6.45) is -0.326. The van der Waals surface area contributed by atoms with Crippen LogP contribution in [0.2, 0.25) is 0 Å². The average Bonchev–Trinajstić information content (AvgIpc) is 2.75. The molecule has 0 saturated heterocycles. The Kier molecular flexibility index (Phi) is 3.98. The minimum Gasteiger partial charge on any atom is -0.354 e. The van der Waals surface area contributed by atoms with Gasteiger partial charge in [-0.3, -0.25) is 0 Å². The Hall–Kier alpha value is -0.840. The Balaban J connectivity index is 2.30. The zero-order valence-corrected chi connectivity index (χ0v) is 10.0. The van der Waals surface area contributed by atoms with E-state index in [1.165, 1.54) is 0 Å². The number of benzene rings is 1. The average molecular weight is 260 g/mol. The van der Waals surface area contributed by atoms with Crippen molar-refractivity contribution in [3.8, 4) is 0 Å². The molecule has 4 nitrogen and oxygen atoms in total. The normalized spacial score (nSPS) is 13.1. The van der Waals surface area contributed by atoms with Crippen LogP contribution in [0, 0.1) is 0 Å². The Morgan fingerprint density at radius 2 is 2.12 bits per heavy atom. The molecule has 0 aliphatic carbocycles. The lowest BCUT2D eigenvalue weighted by Gasteiger charge is -2.14. The first-order chi connectivity index (χ1) is 7.86. The van der Waals surface area contributed by atoms with Crippen LogP contribution in [0.5, 0.6) is 0 Å². The van der Waals surface area contributed by atoms with Crippen molar-refractivity contribution in [1.82, 2.24) is 15.0 Å². The summed E-state index contributed by atoms with van der Waals surface area (Å²) in [5.41, 5.74) is 1.73. The zero-order chi connectivity index (χ0) is 11.4. The summed E-state index contributed by atoms with van der Waals surface area (Å²) in [6.45, 7) is 0.438. The first-order valence-corrected chi connectivity index (χ1v) is 5.97. The predicted molar refractivity (Wildman–Crippen MR) is 64.0 cm³/mol. The molecule has 2 aromatic rings. The minimum atomic E-state index is -0.326. The van der Waals surface area contributed by atoms with Gasteiger partial charge in [0.15, 0.2) is 6.23 Å². The fourth-order valence-electron chi connectivity index (χ4n) is 1.46. The van der Waals surface area contributed by atoms with Crippen LogP contribution in [0.25, 0.3) is 11.0 Å². The Bertz CT molecular complexity index is 460. The van der Waals surface area contributed by atoms with Crippen molar-refractivity contribution >= 4 is 34.2 Å². The lowest BCUT2D eigenvalue weighted by atomic mass is 10.3. The van der Waals surface area contributed by atoms with E-state index in [1.54, 1.807) is 4.68 Å². The standard InChI is InChI=1S/C10H11Cl2N3O/c11-5-6-16-10(7-12)15-9-4-2-1-3-8(9)13-14-15/h1-4,10H,5-7H2. The van der Waals surface area contributed by atoms with Crippen molar-refractivity contribution in [2.45, 2.75) is 6.23 Å². The highest BCUT2D eigenvalue weighted by atomic mass is 35.5. The molecule has 0 saturated carbocycles. The summed E-state index contributed by atoms with van der Waals surface area (Å²) in [4.78, 5) is 0. The molecule has 1 heterocycles. The van der Waals surface area contributed by atoms with Gasteiger partial charge in [-0.25, -0.2) is 4.68 Å². The van der Waals surface area contributed by atoms with Crippen molar-refractivity contribution in [1.29, 1.82) is 0 Å². The quantitative estimate of drug-likeness (QED) is 0.775. The number of halogens is 2. The van der Waals surface area contributed by atoms with E-state index < -0.39 is 0 Å². The summed E-state index contributed by atoms with van der Waals surface area (Å²) < 4.78 is 7.16. The van der Waals surface area contributed by atoms with Gasteiger partial charge in [-0.15, -0.1) is 28.3 Å². The third-order valence-electron chi connectivity index (χ3n) is 2.17. The fraction of sp³-hybridized carbons (Fsp3) is 0.400. The molecule has 1 unspecified atom stereocenters. The van der Waals surface area contributed by atoms with E-state index in [1.807, 2.05) is 24.3 Å². The van der Waals surface area contributed by atoms with Gasteiger partial charge in [0.05, 0.1) is 18.0 Å². The molecule has 0 fully saturated rings. The van der Waals surface area contributed by atoms with E-state index in [-0.39, 0.29) is 6.23 Å². The molecule has 1 aromatic carbocycles. The van der Waals surface area contributed by atoms with Crippen molar-refractivity contribution in [3.63, 3.8) is 0 Å². The fourth-order valence-corrected chi connectivity index (χ4v) is 1.77. The molecular weight excluding hydrogens is 249 g/mol. The minimum absolute atomic E-state index is 0.310. The van der Waals surface area contributed by atoms with Crippen LogP contribution in [0.1, 0.15) is 6.23 Å². The summed E-state index contributed by atoms with van der Waals surface area (Å²) in [5.74, 6) is 0.740. The van der Waals surface area contributed by atoms with Gasteiger partial charge in [-0.1, -0.05) is 17.3 Å². The van der Waals surface area contributed by atoms with Gasteiger partial charge >= 0.3 is 0 Å². The lowest BCUT2D eigenvalue weighted by Crippen LogP contribution is -2.17. The summed E-state index contributed by atoms with van der Waals surface area (Å²) >= 11 is 11.4. The molecular formula is C10H11Cl2N3O. The number of alkyl halides is 2. The number of rotatable bonds is 5. The predicted octanol–water partition coefficient (Wildman–Crippen LogP) is 2.42. The van der Waals surface area contributed by atoms with Crippen LogP contribution in [-0.4, -0.2) is 33.4 Å². The van der Waals surface area contributed by atoms with E-state index in [2.05, 4.69) is 10.3 Å². The van der Waals surface area contributed by atoms with E-state index in [9.17, 15) is 0 Å². The smallest absolute Gasteiger partial charge is 0.166 e. The molecule has 1 atom stereocenters. The van der Waals surface area contributed by atoms with E-state index in [4.69, 9.17) is 27.9 Å². The Morgan fingerprint density at radius 1 is 1.31 bits per heavy atom. The van der Waals surface area contributed by atoms with Gasteiger partial charge in [-0.2, -0.15) is 0 Å². The molecule has 86 valence electrons. The number of hydrogen-bond acceptors (Lipinski definition) is 3. The largest absolute Gasteiger partial charge is 0.354 e. The monoisotopic (exact) mass is 259 g/mol. The first-order valence-electron chi connectivity index (χ1n) is 4.90. The van der Waals surface area contributed by atoms with Gasteiger partial charge in [0, 0.05) is 5.88 Å².